The number of phenolic OH excluding ortho intramolecular Hbond substituents is 1. The Morgan fingerprint density at radius 3 is 2.85 bits per heavy atom. The molecule has 2 aliphatic rings. The first-order valence-electron chi connectivity index (χ1n) is 6.49. The van der Waals surface area contributed by atoms with E-state index in [1.165, 1.54) is 4.31 Å². The zero-order chi connectivity index (χ0) is 14.4. The largest absolute Gasteiger partial charge is 0.507 e. The standard InChI is InChI=1S/C13H16FNO4S/c14-10-1-2-11(16)12(7-10)20(17,18)15-5-3-13(8-15)4-6-19-9-13/h1-2,7,16H,3-6,8-9H2. The first-order valence-corrected chi connectivity index (χ1v) is 7.93. The van der Waals surface area contributed by atoms with Crippen molar-refractivity contribution in [1.29, 1.82) is 0 Å². The van der Waals surface area contributed by atoms with Gasteiger partial charge in [0.25, 0.3) is 0 Å². The molecular formula is C13H16FNO4S. The summed E-state index contributed by atoms with van der Waals surface area (Å²) in [5.74, 6) is -1.10. The van der Waals surface area contributed by atoms with Crippen LogP contribution in [-0.2, 0) is 14.8 Å². The Balaban J connectivity index is 1.91. The number of nitrogens with zero attached hydrogens (tertiary/aromatic N) is 1. The SMILES string of the molecule is O=S(=O)(c1cc(F)ccc1O)N1CCC2(CCOC2)C1. The van der Waals surface area contributed by atoms with Gasteiger partial charge < -0.3 is 9.84 Å². The number of phenols is 1. The van der Waals surface area contributed by atoms with E-state index in [0.717, 1.165) is 31.0 Å². The van der Waals surface area contributed by atoms with Gasteiger partial charge in [-0.1, -0.05) is 0 Å². The third kappa shape index (κ3) is 2.19. The van der Waals surface area contributed by atoms with Crippen molar-refractivity contribution in [2.24, 2.45) is 5.41 Å². The van der Waals surface area contributed by atoms with Gasteiger partial charge in [-0.25, -0.2) is 12.8 Å². The Morgan fingerprint density at radius 1 is 1.35 bits per heavy atom. The van der Waals surface area contributed by atoms with Crippen LogP contribution in [0.2, 0.25) is 0 Å². The predicted octanol–water partition coefficient (Wildman–Crippen LogP) is 1.33. The van der Waals surface area contributed by atoms with Crippen molar-refractivity contribution in [3.63, 3.8) is 0 Å². The van der Waals surface area contributed by atoms with Gasteiger partial charge in [0.1, 0.15) is 16.5 Å². The van der Waals surface area contributed by atoms with E-state index < -0.39 is 21.6 Å². The molecule has 7 heteroatoms. The third-order valence-corrected chi connectivity index (χ3v) is 6.00. The Hall–Kier alpha value is -1.18. The molecule has 0 radical (unpaired) electrons. The minimum atomic E-state index is -3.87. The number of rotatable bonds is 2. The third-order valence-electron chi connectivity index (χ3n) is 4.13. The molecule has 5 nitrogen and oxygen atoms in total. The van der Waals surface area contributed by atoms with Gasteiger partial charge in [-0.05, 0) is 31.0 Å². The lowest BCUT2D eigenvalue weighted by atomic mass is 9.87. The van der Waals surface area contributed by atoms with Crippen LogP contribution in [-0.4, -0.2) is 44.1 Å². The molecule has 1 atom stereocenters. The summed E-state index contributed by atoms with van der Waals surface area (Å²) in [7, 11) is -3.87. The highest BCUT2D eigenvalue weighted by Gasteiger charge is 2.45. The van der Waals surface area contributed by atoms with Gasteiger partial charge in [0, 0.05) is 25.1 Å². The van der Waals surface area contributed by atoms with E-state index in [1.807, 2.05) is 0 Å². The molecule has 0 aliphatic carbocycles. The maximum absolute atomic E-state index is 13.2. The summed E-state index contributed by atoms with van der Waals surface area (Å²) < 4.78 is 44.9. The zero-order valence-electron chi connectivity index (χ0n) is 10.9. The second-order valence-electron chi connectivity index (χ2n) is 5.50. The fourth-order valence-corrected chi connectivity index (χ4v) is 4.55. The zero-order valence-corrected chi connectivity index (χ0v) is 11.7. The van der Waals surface area contributed by atoms with Gasteiger partial charge in [0.15, 0.2) is 0 Å². The van der Waals surface area contributed by atoms with Crippen molar-refractivity contribution in [1.82, 2.24) is 4.31 Å². The van der Waals surface area contributed by atoms with Crippen LogP contribution in [0.15, 0.2) is 23.1 Å². The lowest BCUT2D eigenvalue weighted by Crippen LogP contribution is -2.32. The van der Waals surface area contributed by atoms with Crippen LogP contribution in [0.5, 0.6) is 5.75 Å². The Labute approximate surface area is 117 Å². The van der Waals surface area contributed by atoms with E-state index in [2.05, 4.69) is 0 Å². The molecule has 1 N–H and O–H groups in total. The molecule has 1 spiro atoms. The minimum absolute atomic E-state index is 0.115. The average Bonchev–Trinajstić information content (AvgIpc) is 3.04. The van der Waals surface area contributed by atoms with Crippen molar-refractivity contribution in [2.45, 2.75) is 17.7 Å². The van der Waals surface area contributed by atoms with Crippen LogP contribution in [0, 0.1) is 11.2 Å². The summed E-state index contributed by atoms with van der Waals surface area (Å²) in [6.07, 6.45) is 1.58. The molecule has 2 fully saturated rings. The lowest BCUT2D eigenvalue weighted by Gasteiger charge is -2.22. The van der Waals surface area contributed by atoms with Crippen LogP contribution in [0.3, 0.4) is 0 Å². The number of benzene rings is 1. The fourth-order valence-electron chi connectivity index (χ4n) is 2.90. The van der Waals surface area contributed by atoms with Crippen LogP contribution in [0.4, 0.5) is 4.39 Å². The molecule has 2 heterocycles. The molecule has 2 aliphatic heterocycles. The van der Waals surface area contributed by atoms with E-state index in [4.69, 9.17) is 4.74 Å². The summed E-state index contributed by atoms with van der Waals surface area (Å²) in [6.45, 7) is 1.96. The summed E-state index contributed by atoms with van der Waals surface area (Å²) in [5, 5.41) is 9.69. The predicted molar refractivity (Wildman–Crippen MR) is 69.3 cm³/mol. The molecular weight excluding hydrogens is 285 g/mol. The Morgan fingerprint density at radius 2 is 2.15 bits per heavy atom. The van der Waals surface area contributed by atoms with Crippen molar-refractivity contribution >= 4 is 10.0 Å². The number of hydrogen-bond acceptors (Lipinski definition) is 4. The van der Waals surface area contributed by atoms with Crippen molar-refractivity contribution in [3.8, 4) is 5.75 Å². The number of sulfonamides is 1. The first kappa shape index (κ1) is 13.8. The normalized spacial score (nSPS) is 27.4. The highest BCUT2D eigenvalue weighted by Crippen LogP contribution is 2.41. The quantitative estimate of drug-likeness (QED) is 0.895. The van der Waals surface area contributed by atoms with Gasteiger partial charge in [-0.3, -0.25) is 0 Å². The summed E-state index contributed by atoms with van der Waals surface area (Å²) in [4.78, 5) is -0.367. The van der Waals surface area contributed by atoms with Gasteiger partial charge in [0.05, 0.1) is 6.61 Å². The van der Waals surface area contributed by atoms with Crippen LogP contribution in [0.25, 0.3) is 0 Å². The highest BCUT2D eigenvalue weighted by atomic mass is 32.2. The monoisotopic (exact) mass is 301 g/mol. The number of hydrogen-bond donors (Lipinski definition) is 1. The maximum atomic E-state index is 13.2. The van der Waals surface area contributed by atoms with E-state index in [0.29, 0.717) is 26.3 Å². The van der Waals surface area contributed by atoms with Gasteiger partial charge >= 0.3 is 0 Å². The number of aromatic hydroxyl groups is 1. The first-order chi connectivity index (χ1) is 9.43. The minimum Gasteiger partial charge on any atom is -0.507 e. The highest BCUT2D eigenvalue weighted by molar-refractivity contribution is 7.89. The van der Waals surface area contributed by atoms with Gasteiger partial charge in [0.2, 0.25) is 10.0 Å². The van der Waals surface area contributed by atoms with E-state index >= 15 is 0 Å². The molecule has 3 rings (SSSR count). The topological polar surface area (TPSA) is 66.8 Å². The molecule has 110 valence electrons. The average molecular weight is 301 g/mol. The molecule has 1 unspecified atom stereocenters. The molecule has 0 aromatic heterocycles. The molecule has 1 aromatic carbocycles. The molecule has 0 bridgehead atoms. The lowest BCUT2D eigenvalue weighted by molar-refractivity contribution is 0.157. The van der Waals surface area contributed by atoms with E-state index in [1.54, 1.807) is 0 Å². The summed E-state index contributed by atoms with van der Waals surface area (Å²) in [6, 6.07) is 2.96. The maximum Gasteiger partial charge on any atom is 0.246 e. The molecule has 0 amide bonds. The second-order valence-corrected chi connectivity index (χ2v) is 7.41. The molecule has 1 aromatic rings. The molecule has 0 saturated carbocycles. The van der Waals surface area contributed by atoms with Gasteiger partial charge in [-0.2, -0.15) is 4.31 Å². The summed E-state index contributed by atoms with van der Waals surface area (Å²) in [5.41, 5.74) is -0.115. The number of halogens is 1. The van der Waals surface area contributed by atoms with Crippen LogP contribution < -0.4 is 0 Å². The van der Waals surface area contributed by atoms with Crippen molar-refractivity contribution < 1.29 is 22.7 Å². The van der Waals surface area contributed by atoms with Crippen LogP contribution in [0.1, 0.15) is 12.8 Å². The summed E-state index contributed by atoms with van der Waals surface area (Å²) >= 11 is 0. The Kier molecular flexibility index (Phi) is 3.23. The van der Waals surface area contributed by atoms with Crippen molar-refractivity contribution in [3.05, 3.63) is 24.0 Å². The number of ether oxygens (including phenoxy) is 1. The molecule has 20 heavy (non-hydrogen) atoms. The second kappa shape index (κ2) is 4.68. The fraction of sp³-hybridized carbons (Fsp3) is 0.538. The van der Waals surface area contributed by atoms with Crippen molar-refractivity contribution in [2.75, 3.05) is 26.3 Å². The van der Waals surface area contributed by atoms with E-state index in [-0.39, 0.29) is 10.3 Å². The smallest absolute Gasteiger partial charge is 0.246 e. The van der Waals surface area contributed by atoms with Gasteiger partial charge in [-0.15, -0.1) is 0 Å². The molecule has 2 saturated heterocycles. The van der Waals surface area contributed by atoms with E-state index in [9.17, 15) is 17.9 Å². The van der Waals surface area contributed by atoms with Crippen LogP contribution >= 0.6 is 0 Å². The Bertz CT molecular complexity index is 625.